The van der Waals surface area contributed by atoms with Crippen LogP contribution in [0.4, 0.5) is 5.69 Å². The molecule has 1 aliphatic heterocycles. The van der Waals surface area contributed by atoms with Crippen molar-refractivity contribution in [2.75, 3.05) is 4.90 Å². The molecule has 1 unspecified atom stereocenters. The number of aliphatic hydroxyl groups excluding tert-OH is 1. The lowest BCUT2D eigenvalue weighted by Crippen LogP contribution is -2.32. The Hall–Kier alpha value is -2.59. The number of carbonyl (C=O) groups excluding carboxylic acids is 2. The third kappa shape index (κ3) is 3.37. The van der Waals surface area contributed by atoms with Gasteiger partial charge in [0.25, 0.3) is 5.91 Å². The number of aliphatic hydroxyl groups is 1. The number of amides is 1. The van der Waals surface area contributed by atoms with Crippen molar-refractivity contribution in [2.24, 2.45) is 5.92 Å². The van der Waals surface area contributed by atoms with Gasteiger partial charge in [-0.25, -0.2) is 0 Å². The molecule has 2 aromatic rings. The van der Waals surface area contributed by atoms with Gasteiger partial charge in [-0.15, -0.1) is 0 Å². The van der Waals surface area contributed by atoms with Crippen LogP contribution in [0.5, 0.6) is 0 Å². The van der Waals surface area contributed by atoms with Crippen molar-refractivity contribution in [1.82, 2.24) is 0 Å². The number of hydrogen-bond acceptors (Lipinski definition) is 3. The average Bonchev–Trinajstić information content (AvgIpc) is 2.88. The van der Waals surface area contributed by atoms with Crippen molar-refractivity contribution in [3.63, 3.8) is 0 Å². The number of Topliss-reactive ketones (excluding diaryl/α,β-unsaturated/α-hetero) is 1. The van der Waals surface area contributed by atoms with Crippen molar-refractivity contribution in [2.45, 2.75) is 33.7 Å². The van der Waals surface area contributed by atoms with E-state index in [1.807, 2.05) is 44.2 Å². The van der Waals surface area contributed by atoms with Crippen LogP contribution in [-0.4, -0.2) is 16.8 Å². The minimum Gasteiger partial charge on any atom is -0.503 e. The Labute approximate surface area is 164 Å². The first-order chi connectivity index (χ1) is 12.7. The Morgan fingerprint density at radius 1 is 1.11 bits per heavy atom. The summed E-state index contributed by atoms with van der Waals surface area (Å²) in [4.78, 5) is 27.3. The summed E-state index contributed by atoms with van der Waals surface area (Å²) in [7, 11) is 0. The maximum absolute atomic E-state index is 13.0. The number of carbonyl (C=O) groups is 2. The standard InChI is InChI=1S/C22H22ClNO3/c1-12(2)20(25)18-19(15-8-5-13(3)6-9-15)24(22(27)21(18)26)17-11-16(23)10-7-14(17)4/h5-12,19,26H,1-4H3. The number of aryl methyl sites for hydroxylation is 2. The van der Waals surface area contributed by atoms with Gasteiger partial charge in [0, 0.05) is 16.6 Å². The molecule has 0 fully saturated rings. The van der Waals surface area contributed by atoms with E-state index in [9.17, 15) is 14.7 Å². The Kier molecular flexibility index (Phi) is 5.11. The number of rotatable bonds is 4. The molecule has 2 aromatic carbocycles. The highest BCUT2D eigenvalue weighted by atomic mass is 35.5. The molecule has 27 heavy (non-hydrogen) atoms. The van der Waals surface area contributed by atoms with E-state index in [1.54, 1.807) is 26.0 Å². The van der Waals surface area contributed by atoms with E-state index >= 15 is 0 Å². The Morgan fingerprint density at radius 2 is 1.74 bits per heavy atom. The topological polar surface area (TPSA) is 57.6 Å². The maximum Gasteiger partial charge on any atom is 0.294 e. The summed E-state index contributed by atoms with van der Waals surface area (Å²) < 4.78 is 0. The molecule has 4 nitrogen and oxygen atoms in total. The summed E-state index contributed by atoms with van der Waals surface area (Å²) in [5.41, 5.74) is 3.38. The van der Waals surface area contributed by atoms with E-state index in [2.05, 4.69) is 0 Å². The molecule has 0 bridgehead atoms. The van der Waals surface area contributed by atoms with Gasteiger partial charge in [-0.3, -0.25) is 14.5 Å². The van der Waals surface area contributed by atoms with Crippen molar-refractivity contribution in [1.29, 1.82) is 0 Å². The Bertz CT molecular complexity index is 945. The van der Waals surface area contributed by atoms with Crippen LogP contribution in [0.3, 0.4) is 0 Å². The zero-order valence-corrected chi connectivity index (χ0v) is 16.5. The van der Waals surface area contributed by atoms with Crippen LogP contribution in [0.15, 0.2) is 53.8 Å². The van der Waals surface area contributed by atoms with Gasteiger partial charge in [0.1, 0.15) is 0 Å². The lowest BCUT2D eigenvalue weighted by atomic mass is 9.90. The van der Waals surface area contributed by atoms with Crippen molar-refractivity contribution in [3.05, 3.63) is 75.5 Å². The predicted molar refractivity (Wildman–Crippen MR) is 107 cm³/mol. The van der Waals surface area contributed by atoms with E-state index in [1.165, 1.54) is 4.90 Å². The molecule has 3 rings (SSSR count). The van der Waals surface area contributed by atoms with Crippen molar-refractivity contribution in [3.8, 4) is 0 Å². The summed E-state index contributed by atoms with van der Waals surface area (Å²) in [6.45, 7) is 7.35. The van der Waals surface area contributed by atoms with E-state index < -0.39 is 17.7 Å². The van der Waals surface area contributed by atoms with E-state index in [4.69, 9.17) is 11.6 Å². The van der Waals surface area contributed by atoms with E-state index in [-0.39, 0.29) is 17.3 Å². The molecule has 5 heteroatoms. The largest absolute Gasteiger partial charge is 0.503 e. The molecule has 1 heterocycles. The molecule has 0 saturated heterocycles. The first-order valence-electron chi connectivity index (χ1n) is 8.86. The van der Waals surface area contributed by atoms with Crippen LogP contribution in [0.2, 0.25) is 5.02 Å². The summed E-state index contributed by atoms with van der Waals surface area (Å²) >= 11 is 6.16. The maximum atomic E-state index is 13.0. The molecule has 0 saturated carbocycles. The smallest absolute Gasteiger partial charge is 0.294 e. The molecule has 1 atom stereocenters. The van der Waals surface area contributed by atoms with Crippen LogP contribution in [-0.2, 0) is 9.59 Å². The van der Waals surface area contributed by atoms with Gasteiger partial charge in [0.15, 0.2) is 11.5 Å². The summed E-state index contributed by atoms with van der Waals surface area (Å²) in [6, 6.07) is 12.2. The molecule has 0 aromatic heterocycles. The SMILES string of the molecule is Cc1ccc(C2C(C(=O)C(C)C)=C(O)C(=O)N2c2cc(Cl)ccc2C)cc1. The van der Waals surface area contributed by atoms with Crippen LogP contribution < -0.4 is 4.90 Å². The number of hydrogen-bond donors (Lipinski definition) is 1. The number of anilines is 1. The summed E-state index contributed by atoms with van der Waals surface area (Å²) in [5.74, 6) is -1.66. The zero-order chi connectivity index (χ0) is 19.9. The average molecular weight is 384 g/mol. The lowest BCUT2D eigenvalue weighted by Gasteiger charge is -2.28. The minimum atomic E-state index is -0.690. The molecular weight excluding hydrogens is 362 g/mol. The summed E-state index contributed by atoms with van der Waals surface area (Å²) in [5, 5.41) is 11.1. The second-order valence-electron chi connectivity index (χ2n) is 7.20. The van der Waals surface area contributed by atoms with Gasteiger partial charge in [-0.05, 0) is 37.1 Å². The Balaban J connectivity index is 2.23. The zero-order valence-electron chi connectivity index (χ0n) is 15.8. The van der Waals surface area contributed by atoms with Gasteiger partial charge < -0.3 is 5.11 Å². The second kappa shape index (κ2) is 7.20. The van der Waals surface area contributed by atoms with Gasteiger partial charge in [-0.2, -0.15) is 0 Å². The highest BCUT2D eigenvalue weighted by molar-refractivity contribution is 6.31. The fourth-order valence-electron chi connectivity index (χ4n) is 3.32. The van der Waals surface area contributed by atoms with Gasteiger partial charge in [0.2, 0.25) is 0 Å². The first kappa shape index (κ1) is 19.2. The predicted octanol–water partition coefficient (Wildman–Crippen LogP) is 5.08. The molecule has 140 valence electrons. The van der Waals surface area contributed by atoms with E-state index in [0.29, 0.717) is 10.7 Å². The third-order valence-electron chi connectivity index (χ3n) is 4.82. The third-order valence-corrected chi connectivity index (χ3v) is 5.06. The van der Waals surface area contributed by atoms with Crippen molar-refractivity contribution < 1.29 is 14.7 Å². The normalized spacial score (nSPS) is 17.2. The van der Waals surface area contributed by atoms with Gasteiger partial charge >= 0.3 is 0 Å². The fourth-order valence-corrected chi connectivity index (χ4v) is 3.49. The molecule has 0 spiro atoms. The van der Waals surface area contributed by atoms with Crippen LogP contribution in [0.25, 0.3) is 0 Å². The number of benzene rings is 2. The highest BCUT2D eigenvalue weighted by Gasteiger charge is 2.45. The van der Waals surface area contributed by atoms with Crippen molar-refractivity contribution >= 4 is 29.0 Å². The highest BCUT2D eigenvalue weighted by Crippen LogP contribution is 2.43. The number of halogens is 1. The molecule has 0 radical (unpaired) electrons. The summed E-state index contributed by atoms with van der Waals surface area (Å²) in [6.07, 6.45) is 0. The van der Waals surface area contributed by atoms with Crippen LogP contribution in [0.1, 0.15) is 36.6 Å². The first-order valence-corrected chi connectivity index (χ1v) is 9.23. The molecule has 1 aliphatic rings. The lowest BCUT2D eigenvalue weighted by molar-refractivity contribution is -0.119. The van der Waals surface area contributed by atoms with E-state index in [0.717, 1.165) is 16.7 Å². The molecular formula is C22H22ClNO3. The van der Waals surface area contributed by atoms with Gasteiger partial charge in [-0.1, -0.05) is 61.3 Å². The number of nitrogens with zero attached hydrogens (tertiary/aromatic N) is 1. The molecule has 1 amide bonds. The van der Waals surface area contributed by atoms with Crippen LogP contribution in [0, 0.1) is 19.8 Å². The monoisotopic (exact) mass is 383 g/mol. The quantitative estimate of drug-likeness (QED) is 0.800. The van der Waals surface area contributed by atoms with Crippen LogP contribution >= 0.6 is 11.6 Å². The fraction of sp³-hybridized carbons (Fsp3) is 0.273. The second-order valence-corrected chi connectivity index (χ2v) is 7.64. The molecule has 0 aliphatic carbocycles. The minimum absolute atomic E-state index is 0.137. The van der Waals surface area contributed by atoms with Gasteiger partial charge in [0.05, 0.1) is 11.6 Å². The number of ketones is 1. The Morgan fingerprint density at radius 3 is 2.33 bits per heavy atom. The molecule has 1 N–H and O–H groups in total.